The van der Waals surface area contributed by atoms with Crippen molar-refractivity contribution >= 4 is 29.5 Å². The summed E-state index contributed by atoms with van der Waals surface area (Å²) in [6, 6.07) is 6.72. The lowest BCUT2D eigenvalue weighted by Gasteiger charge is -2.03. The Morgan fingerprint density at radius 2 is 1.84 bits per heavy atom. The summed E-state index contributed by atoms with van der Waals surface area (Å²) in [6.07, 6.45) is 1.48. The van der Waals surface area contributed by atoms with E-state index in [9.17, 15) is 13.6 Å². The third-order valence-corrected chi connectivity index (χ3v) is 3.87. The van der Waals surface area contributed by atoms with Crippen LogP contribution >= 0.6 is 11.6 Å². The summed E-state index contributed by atoms with van der Waals surface area (Å²) in [4.78, 5) is 16.0. The molecule has 8 heteroatoms. The van der Waals surface area contributed by atoms with Crippen LogP contribution in [-0.4, -0.2) is 18.7 Å². The van der Waals surface area contributed by atoms with Crippen molar-refractivity contribution in [1.82, 2.24) is 0 Å². The molecule has 0 saturated carbocycles. The molecule has 0 aliphatic carbocycles. The molecule has 0 saturated heterocycles. The monoisotopic (exact) mass is 363 g/mol. The molecule has 0 N–H and O–H groups in total. The minimum Gasteiger partial charge on any atom is -0.454 e. The van der Waals surface area contributed by atoms with Crippen LogP contribution in [0.1, 0.15) is 11.1 Å². The van der Waals surface area contributed by atoms with Gasteiger partial charge in [-0.3, -0.25) is 0 Å². The summed E-state index contributed by atoms with van der Waals surface area (Å²) >= 11 is 5.87. The number of nitrogens with zero attached hydrogens (tertiary/aromatic N) is 1. The Kier molecular flexibility index (Phi) is 3.65. The molecule has 0 spiro atoms. The molecule has 0 amide bonds. The first kappa shape index (κ1) is 15.6. The van der Waals surface area contributed by atoms with E-state index in [-0.39, 0.29) is 29.0 Å². The highest BCUT2D eigenvalue weighted by Crippen LogP contribution is 2.33. The smallest absolute Gasteiger partial charge is 0.363 e. The molecule has 4 rings (SSSR count). The van der Waals surface area contributed by atoms with E-state index in [2.05, 4.69) is 4.99 Å². The molecule has 0 atom stereocenters. The maximum Gasteiger partial charge on any atom is 0.363 e. The summed E-state index contributed by atoms with van der Waals surface area (Å²) < 4.78 is 42.1. The quantitative estimate of drug-likeness (QED) is 0.464. The van der Waals surface area contributed by atoms with Crippen molar-refractivity contribution in [1.29, 1.82) is 0 Å². The number of rotatable bonds is 2. The van der Waals surface area contributed by atoms with Crippen LogP contribution in [0.5, 0.6) is 11.5 Å². The molecule has 0 radical (unpaired) electrons. The van der Waals surface area contributed by atoms with Gasteiger partial charge in [0.1, 0.15) is 0 Å². The maximum atomic E-state index is 13.4. The highest BCUT2D eigenvalue weighted by atomic mass is 35.5. The molecule has 2 aromatic rings. The van der Waals surface area contributed by atoms with Crippen LogP contribution in [0.15, 0.2) is 41.0 Å². The molecule has 2 heterocycles. The molecule has 2 aliphatic heterocycles. The van der Waals surface area contributed by atoms with Gasteiger partial charge in [0.25, 0.3) is 0 Å². The summed E-state index contributed by atoms with van der Waals surface area (Å²) in [7, 11) is 0. The SMILES string of the molecule is O=C1OC(c2cc(F)c(F)cc2Cl)=N/C1=C/c1ccc2c(c1)OCO2. The number of esters is 1. The van der Waals surface area contributed by atoms with Gasteiger partial charge >= 0.3 is 5.97 Å². The zero-order chi connectivity index (χ0) is 17.6. The van der Waals surface area contributed by atoms with E-state index in [0.717, 1.165) is 12.1 Å². The number of carbonyl (C=O) groups is 1. The van der Waals surface area contributed by atoms with Crippen LogP contribution in [0, 0.1) is 11.6 Å². The second-order valence-corrected chi connectivity index (χ2v) is 5.60. The van der Waals surface area contributed by atoms with Crippen molar-refractivity contribution in [3.05, 3.63) is 63.8 Å². The van der Waals surface area contributed by atoms with Gasteiger partial charge in [-0.05, 0) is 35.9 Å². The van der Waals surface area contributed by atoms with Crippen LogP contribution in [0.2, 0.25) is 5.02 Å². The van der Waals surface area contributed by atoms with Gasteiger partial charge in [0.15, 0.2) is 28.8 Å². The Morgan fingerprint density at radius 1 is 1.08 bits per heavy atom. The Bertz CT molecular complexity index is 971. The lowest BCUT2D eigenvalue weighted by molar-refractivity contribution is -0.129. The molecule has 126 valence electrons. The average molecular weight is 364 g/mol. The van der Waals surface area contributed by atoms with Gasteiger partial charge in [0.2, 0.25) is 12.7 Å². The topological polar surface area (TPSA) is 57.1 Å². The first-order valence-corrected chi connectivity index (χ1v) is 7.46. The lowest BCUT2D eigenvalue weighted by atomic mass is 10.1. The number of carbonyl (C=O) groups excluding carboxylic acids is 1. The largest absolute Gasteiger partial charge is 0.454 e. The minimum absolute atomic E-state index is 0.00494. The first-order chi connectivity index (χ1) is 12.0. The Balaban J connectivity index is 1.70. The first-order valence-electron chi connectivity index (χ1n) is 7.08. The second kappa shape index (κ2) is 5.86. The third-order valence-electron chi connectivity index (χ3n) is 3.56. The minimum atomic E-state index is -1.12. The van der Waals surface area contributed by atoms with Crippen LogP contribution in [0.4, 0.5) is 8.78 Å². The van der Waals surface area contributed by atoms with Crippen molar-refractivity contribution in [2.45, 2.75) is 0 Å². The lowest BCUT2D eigenvalue weighted by Crippen LogP contribution is -2.07. The summed E-state index contributed by atoms with van der Waals surface area (Å²) in [5, 5.41) is -0.116. The van der Waals surface area contributed by atoms with E-state index in [4.69, 9.17) is 25.8 Å². The summed E-state index contributed by atoms with van der Waals surface area (Å²) in [6.45, 7) is 0.133. The van der Waals surface area contributed by atoms with Crippen molar-refractivity contribution in [3.63, 3.8) is 0 Å². The van der Waals surface area contributed by atoms with E-state index in [1.54, 1.807) is 18.2 Å². The fourth-order valence-corrected chi connectivity index (χ4v) is 2.60. The Hall–Kier alpha value is -2.93. The normalized spacial score (nSPS) is 17.0. The Labute approximate surface area is 145 Å². The standard InChI is InChI=1S/C17H8ClF2NO4/c18-10-6-12(20)11(19)5-9(10)16-21-13(17(22)25-16)3-8-1-2-14-15(4-8)24-7-23-14/h1-6H,7H2/b13-3+. The van der Waals surface area contributed by atoms with Crippen molar-refractivity contribution in [3.8, 4) is 11.5 Å². The number of hydrogen-bond donors (Lipinski definition) is 0. The number of halogens is 3. The van der Waals surface area contributed by atoms with Crippen LogP contribution in [0.3, 0.4) is 0 Å². The number of aliphatic imine (C=N–C) groups is 1. The molecule has 2 aromatic carbocycles. The molecule has 25 heavy (non-hydrogen) atoms. The van der Waals surface area contributed by atoms with E-state index in [1.807, 2.05) is 0 Å². The van der Waals surface area contributed by atoms with Crippen LogP contribution in [-0.2, 0) is 9.53 Å². The predicted octanol–water partition coefficient (Wildman–Crippen LogP) is 3.69. The molecule has 0 aromatic heterocycles. The van der Waals surface area contributed by atoms with E-state index < -0.39 is 17.6 Å². The zero-order valence-electron chi connectivity index (χ0n) is 12.4. The van der Waals surface area contributed by atoms with E-state index in [0.29, 0.717) is 17.1 Å². The molecule has 2 aliphatic rings. The van der Waals surface area contributed by atoms with Gasteiger partial charge in [-0.25, -0.2) is 18.6 Å². The third kappa shape index (κ3) is 2.83. The van der Waals surface area contributed by atoms with Crippen molar-refractivity contribution in [2.24, 2.45) is 4.99 Å². The number of fused-ring (bicyclic) bond motifs is 1. The molecule has 5 nitrogen and oxygen atoms in total. The summed E-state index contributed by atoms with van der Waals surface area (Å²) in [5.74, 6) is -1.99. The van der Waals surface area contributed by atoms with E-state index >= 15 is 0 Å². The molecular weight excluding hydrogens is 356 g/mol. The van der Waals surface area contributed by atoms with Gasteiger partial charge in [-0.1, -0.05) is 17.7 Å². The highest BCUT2D eigenvalue weighted by molar-refractivity contribution is 6.34. The maximum absolute atomic E-state index is 13.4. The molecule has 0 unspecified atom stereocenters. The van der Waals surface area contributed by atoms with Gasteiger partial charge in [-0.2, -0.15) is 0 Å². The van der Waals surface area contributed by atoms with Gasteiger partial charge in [0, 0.05) is 0 Å². The van der Waals surface area contributed by atoms with Crippen molar-refractivity contribution < 1.29 is 27.8 Å². The highest BCUT2D eigenvalue weighted by Gasteiger charge is 2.27. The zero-order valence-corrected chi connectivity index (χ0v) is 13.1. The van der Waals surface area contributed by atoms with Gasteiger partial charge < -0.3 is 14.2 Å². The van der Waals surface area contributed by atoms with E-state index in [1.165, 1.54) is 6.08 Å². The molecule has 0 fully saturated rings. The van der Waals surface area contributed by atoms with Crippen LogP contribution in [0.25, 0.3) is 6.08 Å². The average Bonchev–Trinajstić information content (AvgIpc) is 3.17. The summed E-state index contributed by atoms with van der Waals surface area (Å²) in [5.41, 5.74) is 0.621. The van der Waals surface area contributed by atoms with Crippen LogP contribution < -0.4 is 9.47 Å². The number of benzene rings is 2. The number of hydrogen-bond acceptors (Lipinski definition) is 5. The number of cyclic esters (lactones) is 1. The van der Waals surface area contributed by atoms with Crippen molar-refractivity contribution in [2.75, 3.05) is 6.79 Å². The fraction of sp³-hybridized carbons (Fsp3) is 0.0588. The second-order valence-electron chi connectivity index (χ2n) is 5.19. The van der Waals surface area contributed by atoms with Gasteiger partial charge in [0.05, 0.1) is 10.6 Å². The Morgan fingerprint density at radius 3 is 2.68 bits per heavy atom. The predicted molar refractivity (Wildman–Crippen MR) is 84.5 cm³/mol. The number of ether oxygens (including phenoxy) is 3. The molecule has 0 bridgehead atoms. The molecular formula is C17H8ClF2NO4. The fourth-order valence-electron chi connectivity index (χ4n) is 2.37. The van der Waals surface area contributed by atoms with Gasteiger partial charge in [-0.15, -0.1) is 0 Å².